The Morgan fingerprint density at radius 2 is 1.86 bits per heavy atom. The SMILES string of the molecule is CC(C)[C@H](NS(=O)(=O)c1ccc2c(c1)oc1ccc(-c3cccs3)cc12)C(=O)O. The monoisotopic (exact) mass is 429 g/mol. The van der Waals surface area contributed by atoms with Gasteiger partial charge in [-0.05, 0) is 53.3 Å². The number of hydrogen-bond donors (Lipinski definition) is 2. The minimum Gasteiger partial charge on any atom is -0.480 e. The largest absolute Gasteiger partial charge is 0.480 e. The standard InChI is InChI=1S/C21H19NO5S2/c1-12(2)20(21(23)24)22-29(25,26)14-6-7-15-16-10-13(19-4-3-9-28-19)5-8-17(16)27-18(15)11-14/h3-12,20,22H,1-2H3,(H,23,24)/t20-/m0/s1. The summed E-state index contributed by atoms with van der Waals surface area (Å²) in [7, 11) is -4.01. The average molecular weight is 430 g/mol. The van der Waals surface area contributed by atoms with Crippen LogP contribution in [0.25, 0.3) is 32.4 Å². The lowest BCUT2D eigenvalue weighted by Gasteiger charge is -2.17. The molecule has 2 aromatic heterocycles. The number of nitrogens with one attached hydrogen (secondary N) is 1. The second-order valence-corrected chi connectivity index (χ2v) is 9.79. The van der Waals surface area contributed by atoms with Crippen LogP contribution in [-0.4, -0.2) is 25.5 Å². The Balaban J connectivity index is 1.76. The van der Waals surface area contributed by atoms with Gasteiger partial charge in [0, 0.05) is 21.7 Å². The Labute approximate surface area is 171 Å². The molecule has 0 saturated carbocycles. The van der Waals surface area contributed by atoms with Crippen molar-refractivity contribution in [1.29, 1.82) is 0 Å². The third-order valence-electron chi connectivity index (χ3n) is 4.77. The highest BCUT2D eigenvalue weighted by molar-refractivity contribution is 7.89. The molecule has 0 saturated heterocycles. The zero-order chi connectivity index (χ0) is 20.8. The molecule has 2 aromatic carbocycles. The van der Waals surface area contributed by atoms with Gasteiger partial charge >= 0.3 is 5.97 Å². The van der Waals surface area contributed by atoms with Crippen LogP contribution in [0.15, 0.2) is 63.2 Å². The number of carboxylic acids is 1. The Bertz CT molecular complexity index is 1300. The minimum atomic E-state index is -4.01. The molecule has 0 fully saturated rings. The number of carboxylic acid groups (broad SMARTS) is 1. The first-order chi connectivity index (χ1) is 13.8. The van der Waals surface area contributed by atoms with Gasteiger partial charge in [-0.2, -0.15) is 4.72 Å². The number of rotatable bonds is 6. The van der Waals surface area contributed by atoms with Crippen LogP contribution in [0.1, 0.15) is 13.8 Å². The predicted octanol–water partition coefficient (Wildman–Crippen LogP) is 4.70. The van der Waals surface area contributed by atoms with Crippen LogP contribution in [0.3, 0.4) is 0 Å². The van der Waals surface area contributed by atoms with Gasteiger partial charge in [-0.3, -0.25) is 4.79 Å². The maximum atomic E-state index is 12.7. The second-order valence-electron chi connectivity index (χ2n) is 7.13. The first kappa shape index (κ1) is 19.6. The summed E-state index contributed by atoms with van der Waals surface area (Å²) in [5.41, 5.74) is 2.16. The van der Waals surface area contributed by atoms with Gasteiger partial charge in [0.25, 0.3) is 0 Å². The molecular weight excluding hydrogens is 410 g/mol. The summed E-state index contributed by atoms with van der Waals surface area (Å²) in [6.07, 6.45) is 0. The van der Waals surface area contributed by atoms with Crippen molar-refractivity contribution >= 4 is 49.3 Å². The fourth-order valence-corrected chi connectivity index (χ4v) is 5.30. The molecule has 1 atom stereocenters. The van der Waals surface area contributed by atoms with Crippen LogP contribution in [0.4, 0.5) is 0 Å². The van der Waals surface area contributed by atoms with E-state index in [9.17, 15) is 18.3 Å². The Hall–Kier alpha value is -2.68. The number of sulfonamides is 1. The number of fused-ring (bicyclic) bond motifs is 3. The summed E-state index contributed by atoms with van der Waals surface area (Å²) in [5, 5.41) is 13.0. The first-order valence-corrected chi connectivity index (χ1v) is 11.4. The quantitative estimate of drug-likeness (QED) is 0.463. The number of carbonyl (C=O) groups is 1. The molecule has 4 aromatic rings. The van der Waals surface area contributed by atoms with Gasteiger partial charge in [-0.1, -0.05) is 19.9 Å². The van der Waals surface area contributed by atoms with Gasteiger partial charge in [-0.25, -0.2) is 8.42 Å². The fourth-order valence-electron chi connectivity index (χ4n) is 3.23. The van der Waals surface area contributed by atoms with E-state index in [2.05, 4.69) is 4.72 Å². The van der Waals surface area contributed by atoms with Crippen molar-refractivity contribution in [2.75, 3.05) is 0 Å². The van der Waals surface area contributed by atoms with E-state index in [1.54, 1.807) is 31.3 Å². The molecule has 0 spiro atoms. The van der Waals surface area contributed by atoms with Crippen LogP contribution in [-0.2, 0) is 14.8 Å². The van der Waals surface area contributed by atoms with E-state index in [1.165, 1.54) is 12.1 Å². The maximum absolute atomic E-state index is 12.7. The van der Waals surface area contributed by atoms with Crippen molar-refractivity contribution in [2.45, 2.75) is 24.8 Å². The molecule has 0 aliphatic carbocycles. The molecule has 0 aliphatic heterocycles. The average Bonchev–Trinajstić information content (AvgIpc) is 3.32. The minimum absolute atomic E-state index is 0.0329. The molecule has 2 N–H and O–H groups in total. The van der Waals surface area contributed by atoms with E-state index >= 15 is 0 Å². The summed E-state index contributed by atoms with van der Waals surface area (Å²) in [5.74, 6) is -1.61. The van der Waals surface area contributed by atoms with Crippen LogP contribution in [0.5, 0.6) is 0 Å². The van der Waals surface area contributed by atoms with Crippen molar-refractivity contribution in [2.24, 2.45) is 5.92 Å². The lowest BCUT2D eigenvalue weighted by Crippen LogP contribution is -2.44. The lowest BCUT2D eigenvalue weighted by molar-refractivity contribution is -0.140. The van der Waals surface area contributed by atoms with Gasteiger partial charge in [0.15, 0.2) is 0 Å². The van der Waals surface area contributed by atoms with E-state index in [1.807, 2.05) is 35.7 Å². The van der Waals surface area contributed by atoms with Gasteiger partial charge in [-0.15, -0.1) is 11.3 Å². The van der Waals surface area contributed by atoms with Crippen molar-refractivity contribution in [3.8, 4) is 10.4 Å². The van der Waals surface area contributed by atoms with E-state index in [-0.39, 0.29) is 4.90 Å². The highest BCUT2D eigenvalue weighted by atomic mass is 32.2. The van der Waals surface area contributed by atoms with Crippen molar-refractivity contribution in [3.63, 3.8) is 0 Å². The Morgan fingerprint density at radius 1 is 1.07 bits per heavy atom. The van der Waals surface area contributed by atoms with E-state index < -0.39 is 28.0 Å². The normalized spacial score (nSPS) is 13.3. The van der Waals surface area contributed by atoms with Crippen molar-refractivity contribution in [3.05, 3.63) is 53.9 Å². The molecule has 0 aliphatic rings. The van der Waals surface area contributed by atoms with Crippen LogP contribution < -0.4 is 4.72 Å². The number of benzene rings is 2. The molecule has 0 bridgehead atoms. The van der Waals surface area contributed by atoms with E-state index in [0.717, 1.165) is 21.2 Å². The Kier molecular flexibility index (Phi) is 4.94. The molecule has 0 radical (unpaired) electrons. The van der Waals surface area contributed by atoms with Gasteiger partial charge < -0.3 is 9.52 Å². The van der Waals surface area contributed by atoms with Crippen LogP contribution in [0, 0.1) is 5.92 Å². The number of aliphatic carboxylic acids is 1. The van der Waals surface area contributed by atoms with E-state index in [4.69, 9.17) is 4.42 Å². The zero-order valence-electron chi connectivity index (χ0n) is 15.7. The fraction of sp³-hybridized carbons (Fsp3) is 0.190. The lowest BCUT2D eigenvalue weighted by atomic mass is 10.1. The molecule has 6 nitrogen and oxygen atoms in total. The summed E-state index contributed by atoms with van der Waals surface area (Å²) < 4.78 is 33.5. The molecule has 29 heavy (non-hydrogen) atoms. The molecule has 150 valence electrons. The summed E-state index contributed by atoms with van der Waals surface area (Å²) in [6, 6.07) is 13.3. The first-order valence-electron chi connectivity index (χ1n) is 9.01. The molecule has 0 unspecified atom stereocenters. The zero-order valence-corrected chi connectivity index (χ0v) is 17.4. The van der Waals surface area contributed by atoms with Crippen LogP contribution >= 0.6 is 11.3 Å². The van der Waals surface area contributed by atoms with E-state index in [0.29, 0.717) is 11.2 Å². The third-order valence-corrected chi connectivity index (χ3v) is 7.13. The summed E-state index contributed by atoms with van der Waals surface area (Å²) in [4.78, 5) is 12.5. The number of furan rings is 1. The summed E-state index contributed by atoms with van der Waals surface area (Å²) >= 11 is 1.64. The highest BCUT2D eigenvalue weighted by Crippen LogP contribution is 2.34. The summed E-state index contributed by atoms with van der Waals surface area (Å²) in [6.45, 7) is 3.30. The van der Waals surface area contributed by atoms with Crippen molar-refractivity contribution < 1.29 is 22.7 Å². The highest BCUT2D eigenvalue weighted by Gasteiger charge is 2.28. The van der Waals surface area contributed by atoms with Gasteiger partial charge in [0.05, 0.1) is 4.90 Å². The van der Waals surface area contributed by atoms with Gasteiger partial charge in [0.2, 0.25) is 10.0 Å². The number of thiophene rings is 1. The third kappa shape index (κ3) is 3.66. The molecule has 4 rings (SSSR count). The smallest absolute Gasteiger partial charge is 0.322 e. The number of hydrogen-bond acceptors (Lipinski definition) is 5. The van der Waals surface area contributed by atoms with Crippen molar-refractivity contribution in [1.82, 2.24) is 4.72 Å². The molecule has 0 amide bonds. The topological polar surface area (TPSA) is 96.6 Å². The molecule has 8 heteroatoms. The van der Waals surface area contributed by atoms with Gasteiger partial charge in [0.1, 0.15) is 17.2 Å². The second kappa shape index (κ2) is 7.29. The maximum Gasteiger partial charge on any atom is 0.322 e. The predicted molar refractivity (Wildman–Crippen MR) is 114 cm³/mol. The Morgan fingerprint density at radius 3 is 2.52 bits per heavy atom. The molecular formula is C21H19NO5S2. The van der Waals surface area contributed by atoms with Crippen LogP contribution in [0.2, 0.25) is 0 Å². The molecule has 2 heterocycles.